The molecule has 0 aliphatic rings. The Hall–Kier alpha value is -3.32. The number of fused-ring (bicyclic) bond motifs is 1. The van der Waals surface area contributed by atoms with E-state index in [1.165, 1.54) is 6.92 Å². The fourth-order valence-corrected chi connectivity index (χ4v) is 2.75. The molecule has 2 aromatic heterocycles. The van der Waals surface area contributed by atoms with E-state index in [9.17, 15) is 14.7 Å². The van der Waals surface area contributed by atoms with Gasteiger partial charge in [-0.05, 0) is 49.7 Å². The lowest BCUT2D eigenvalue weighted by molar-refractivity contribution is -0.124. The maximum absolute atomic E-state index is 12.8. The Labute approximate surface area is 156 Å². The number of primary amides is 1. The van der Waals surface area contributed by atoms with Crippen LogP contribution in [0.4, 0.5) is 0 Å². The van der Waals surface area contributed by atoms with Crippen LogP contribution in [0, 0.1) is 6.92 Å². The molecule has 0 aliphatic heterocycles. The van der Waals surface area contributed by atoms with E-state index in [1.54, 1.807) is 17.5 Å². The van der Waals surface area contributed by atoms with Crippen LogP contribution < -0.4 is 15.8 Å². The Balaban J connectivity index is 1.97. The van der Waals surface area contributed by atoms with Crippen molar-refractivity contribution in [1.29, 1.82) is 0 Å². The van der Waals surface area contributed by atoms with Crippen LogP contribution in [-0.4, -0.2) is 33.5 Å². The maximum Gasteiger partial charge on any atom is 0.269 e. The first-order valence-corrected chi connectivity index (χ1v) is 8.42. The molecule has 0 spiro atoms. The van der Waals surface area contributed by atoms with Gasteiger partial charge in [-0.2, -0.15) is 0 Å². The highest BCUT2D eigenvalue weighted by molar-refractivity contribution is 5.99. The highest BCUT2D eigenvalue weighted by Gasteiger charge is 2.33. The summed E-state index contributed by atoms with van der Waals surface area (Å²) in [5.41, 5.74) is 5.60. The average molecular weight is 367 g/mol. The SMILES string of the molecule is Cc1cc2ccc(Oc3ccccc3)cn2c1C(=O)N[C@@](C)(CO)C(N)=O. The average Bonchev–Trinajstić information content (AvgIpc) is 2.97. The highest BCUT2D eigenvalue weighted by atomic mass is 16.5. The molecule has 7 heteroatoms. The summed E-state index contributed by atoms with van der Waals surface area (Å²) >= 11 is 0. The Kier molecular flexibility index (Phi) is 4.87. The summed E-state index contributed by atoms with van der Waals surface area (Å²) in [4.78, 5) is 24.4. The molecule has 0 unspecified atom stereocenters. The number of nitrogens with one attached hydrogen (secondary N) is 1. The Morgan fingerprint density at radius 1 is 1.19 bits per heavy atom. The molecule has 140 valence electrons. The third kappa shape index (κ3) is 3.63. The Bertz CT molecular complexity index is 997. The summed E-state index contributed by atoms with van der Waals surface area (Å²) in [5, 5.41) is 12.0. The Morgan fingerprint density at radius 3 is 2.52 bits per heavy atom. The number of carbonyl (C=O) groups is 2. The van der Waals surface area contributed by atoms with Crippen LogP contribution in [0.15, 0.2) is 54.7 Å². The van der Waals surface area contributed by atoms with Gasteiger partial charge in [-0.15, -0.1) is 0 Å². The maximum atomic E-state index is 12.8. The van der Waals surface area contributed by atoms with Crippen molar-refractivity contribution >= 4 is 17.3 Å². The van der Waals surface area contributed by atoms with Gasteiger partial charge in [0.2, 0.25) is 5.91 Å². The van der Waals surface area contributed by atoms with Crippen molar-refractivity contribution in [2.45, 2.75) is 19.4 Å². The largest absolute Gasteiger partial charge is 0.456 e. The number of aliphatic hydroxyl groups is 1. The van der Waals surface area contributed by atoms with Crippen molar-refractivity contribution in [3.63, 3.8) is 0 Å². The predicted octanol–water partition coefficient (Wildman–Crippen LogP) is 2.01. The van der Waals surface area contributed by atoms with E-state index in [0.29, 0.717) is 22.8 Å². The van der Waals surface area contributed by atoms with Crippen LogP contribution in [-0.2, 0) is 4.79 Å². The lowest BCUT2D eigenvalue weighted by Crippen LogP contribution is -2.58. The number of nitrogens with zero attached hydrogens (tertiary/aromatic N) is 1. The molecule has 0 radical (unpaired) electrons. The van der Waals surface area contributed by atoms with Crippen molar-refractivity contribution in [3.8, 4) is 11.5 Å². The molecule has 0 fully saturated rings. The summed E-state index contributed by atoms with van der Waals surface area (Å²) in [7, 11) is 0. The van der Waals surface area contributed by atoms with Gasteiger partial charge < -0.3 is 25.3 Å². The molecule has 0 saturated carbocycles. The number of aryl methyl sites for hydroxylation is 1. The summed E-state index contributed by atoms with van der Waals surface area (Å²) in [6.45, 7) is 2.57. The van der Waals surface area contributed by atoms with Crippen molar-refractivity contribution < 1.29 is 19.4 Å². The van der Waals surface area contributed by atoms with Crippen LogP contribution in [0.5, 0.6) is 11.5 Å². The molecular formula is C20H21N3O4. The number of para-hydroxylation sites is 1. The number of aliphatic hydroxyl groups excluding tert-OH is 1. The van der Waals surface area contributed by atoms with Crippen molar-refractivity contribution in [2.24, 2.45) is 5.73 Å². The molecule has 27 heavy (non-hydrogen) atoms. The summed E-state index contributed by atoms with van der Waals surface area (Å²) in [6.07, 6.45) is 1.70. The second-order valence-corrected chi connectivity index (χ2v) is 6.56. The molecule has 0 saturated heterocycles. The van der Waals surface area contributed by atoms with Crippen LogP contribution >= 0.6 is 0 Å². The van der Waals surface area contributed by atoms with Gasteiger partial charge in [0.25, 0.3) is 5.91 Å². The predicted molar refractivity (Wildman–Crippen MR) is 101 cm³/mol. The summed E-state index contributed by atoms with van der Waals surface area (Å²) in [5.74, 6) is -0.101. The molecule has 1 atom stereocenters. The number of nitrogens with two attached hydrogens (primary N) is 1. The van der Waals surface area contributed by atoms with E-state index in [4.69, 9.17) is 10.5 Å². The minimum Gasteiger partial charge on any atom is -0.456 e. The lowest BCUT2D eigenvalue weighted by Gasteiger charge is -2.25. The van der Waals surface area contributed by atoms with E-state index in [0.717, 1.165) is 5.52 Å². The van der Waals surface area contributed by atoms with E-state index in [-0.39, 0.29) is 0 Å². The molecule has 4 N–H and O–H groups in total. The minimum absolute atomic E-state index is 0.337. The molecule has 3 rings (SSSR count). The van der Waals surface area contributed by atoms with Crippen LogP contribution in [0.1, 0.15) is 23.0 Å². The van der Waals surface area contributed by atoms with Crippen LogP contribution in [0.25, 0.3) is 5.52 Å². The number of carbonyl (C=O) groups excluding carboxylic acids is 2. The van der Waals surface area contributed by atoms with Crippen LogP contribution in [0.3, 0.4) is 0 Å². The summed E-state index contributed by atoms with van der Waals surface area (Å²) in [6, 6.07) is 14.8. The first-order valence-electron chi connectivity index (χ1n) is 8.42. The van der Waals surface area contributed by atoms with Gasteiger partial charge in [-0.3, -0.25) is 9.59 Å². The molecule has 7 nitrogen and oxygen atoms in total. The van der Waals surface area contributed by atoms with Crippen molar-refractivity contribution in [3.05, 3.63) is 66.0 Å². The van der Waals surface area contributed by atoms with Gasteiger partial charge in [0.05, 0.1) is 12.8 Å². The summed E-state index contributed by atoms with van der Waals surface area (Å²) < 4.78 is 7.51. The van der Waals surface area contributed by atoms with Crippen molar-refractivity contribution in [1.82, 2.24) is 9.72 Å². The number of benzene rings is 1. The topological polar surface area (TPSA) is 106 Å². The number of hydrogen-bond donors (Lipinski definition) is 3. The van der Waals surface area contributed by atoms with Gasteiger partial charge >= 0.3 is 0 Å². The van der Waals surface area contributed by atoms with Gasteiger partial charge in [-0.1, -0.05) is 18.2 Å². The van der Waals surface area contributed by atoms with E-state index in [1.807, 2.05) is 48.5 Å². The first-order chi connectivity index (χ1) is 12.8. The van der Waals surface area contributed by atoms with E-state index in [2.05, 4.69) is 5.32 Å². The molecule has 0 bridgehead atoms. The van der Waals surface area contributed by atoms with E-state index < -0.39 is 24.0 Å². The Morgan fingerprint density at radius 2 is 1.89 bits per heavy atom. The fraction of sp³-hybridized carbons (Fsp3) is 0.200. The molecule has 3 aromatic rings. The minimum atomic E-state index is -1.55. The van der Waals surface area contributed by atoms with E-state index >= 15 is 0 Å². The third-order valence-corrected chi connectivity index (χ3v) is 4.38. The second kappa shape index (κ2) is 7.13. The normalized spacial score (nSPS) is 13.1. The zero-order valence-corrected chi connectivity index (χ0v) is 15.1. The number of aromatic nitrogens is 1. The monoisotopic (exact) mass is 367 g/mol. The lowest BCUT2D eigenvalue weighted by atomic mass is 10.0. The third-order valence-electron chi connectivity index (χ3n) is 4.38. The molecule has 2 heterocycles. The van der Waals surface area contributed by atoms with Gasteiger partial charge in [0.15, 0.2) is 0 Å². The number of amides is 2. The zero-order valence-electron chi connectivity index (χ0n) is 15.1. The van der Waals surface area contributed by atoms with Crippen molar-refractivity contribution in [2.75, 3.05) is 6.61 Å². The number of hydrogen-bond acceptors (Lipinski definition) is 4. The van der Waals surface area contributed by atoms with Gasteiger partial charge in [0.1, 0.15) is 22.7 Å². The molecular weight excluding hydrogens is 346 g/mol. The smallest absolute Gasteiger partial charge is 0.269 e. The van der Waals surface area contributed by atoms with Gasteiger partial charge in [-0.25, -0.2) is 0 Å². The second-order valence-electron chi connectivity index (χ2n) is 6.56. The standard InChI is InChI=1S/C20H21N3O4/c1-13-10-14-8-9-16(27-15-6-4-3-5-7-15)11-23(14)17(13)18(25)22-20(2,12-24)19(21)26/h3-11,24H,12H2,1-2H3,(H2,21,26)(H,22,25)/t20-/m0/s1. The molecule has 0 aliphatic carbocycles. The number of ether oxygens (including phenoxy) is 1. The van der Waals surface area contributed by atoms with Gasteiger partial charge in [0, 0.05) is 5.52 Å². The highest BCUT2D eigenvalue weighted by Crippen LogP contribution is 2.25. The zero-order chi connectivity index (χ0) is 19.6. The number of rotatable bonds is 6. The molecule has 1 aromatic carbocycles. The first kappa shape index (κ1) is 18.5. The van der Waals surface area contributed by atoms with Crippen LogP contribution in [0.2, 0.25) is 0 Å². The molecule has 2 amide bonds. The number of pyridine rings is 1. The fourth-order valence-electron chi connectivity index (χ4n) is 2.75. The quantitative estimate of drug-likeness (QED) is 0.619.